The standard InChI is InChI=1S/C21H21N5O/c27-21(16-4-3-11-22-14-16)25-20-10-7-18(15-23-20)24-17-5-8-19(9-6-17)26-12-1-2-13-26/h3-11,14-15,24H,1-2,12-13H2,(H,23,25,27). The second-order valence-electron chi connectivity index (χ2n) is 6.49. The van der Waals surface area contributed by atoms with Crippen LogP contribution in [0.15, 0.2) is 67.1 Å². The van der Waals surface area contributed by atoms with E-state index in [2.05, 4.69) is 49.8 Å². The molecule has 0 aliphatic carbocycles. The van der Waals surface area contributed by atoms with Crippen LogP contribution in [-0.4, -0.2) is 29.0 Å². The summed E-state index contributed by atoms with van der Waals surface area (Å²) in [7, 11) is 0. The molecule has 0 saturated carbocycles. The molecule has 1 fully saturated rings. The lowest BCUT2D eigenvalue weighted by atomic mass is 10.2. The average molecular weight is 359 g/mol. The zero-order valence-corrected chi connectivity index (χ0v) is 14.9. The maximum Gasteiger partial charge on any atom is 0.258 e. The molecule has 2 aromatic heterocycles. The van der Waals surface area contributed by atoms with E-state index in [0.29, 0.717) is 11.4 Å². The lowest BCUT2D eigenvalue weighted by Gasteiger charge is -2.18. The Morgan fingerprint density at radius 1 is 0.926 bits per heavy atom. The van der Waals surface area contributed by atoms with Crippen molar-refractivity contribution in [1.82, 2.24) is 9.97 Å². The highest BCUT2D eigenvalue weighted by Gasteiger charge is 2.11. The van der Waals surface area contributed by atoms with Crippen LogP contribution in [0.2, 0.25) is 0 Å². The Morgan fingerprint density at radius 2 is 1.70 bits per heavy atom. The van der Waals surface area contributed by atoms with Crippen LogP contribution in [-0.2, 0) is 0 Å². The normalized spacial score (nSPS) is 13.4. The van der Waals surface area contributed by atoms with E-state index in [1.54, 1.807) is 30.6 Å². The van der Waals surface area contributed by atoms with E-state index < -0.39 is 0 Å². The maximum absolute atomic E-state index is 12.1. The van der Waals surface area contributed by atoms with Gasteiger partial charge in [-0.2, -0.15) is 0 Å². The molecule has 0 radical (unpaired) electrons. The van der Waals surface area contributed by atoms with Crippen LogP contribution in [0, 0.1) is 0 Å². The van der Waals surface area contributed by atoms with Gasteiger partial charge in [0, 0.05) is 36.9 Å². The summed E-state index contributed by atoms with van der Waals surface area (Å²) in [6, 6.07) is 15.5. The van der Waals surface area contributed by atoms with Gasteiger partial charge < -0.3 is 15.5 Å². The van der Waals surface area contributed by atoms with E-state index in [4.69, 9.17) is 0 Å². The molecule has 1 aromatic carbocycles. The Kier molecular flexibility index (Phi) is 4.96. The second-order valence-corrected chi connectivity index (χ2v) is 6.49. The predicted octanol–water partition coefficient (Wildman–Crippen LogP) is 4.07. The Balaban J connectivity index is 1.37. The molecule has 0 bridgehead atoms. The molecule has 1 aliphatic rings. The summed E-state index contributed by atoms with van der Waals surface area (Å²) in [6.07, 6.45) is 7.40. The molecular weight excluding hydrogens is 338 g/mol. The van der Waals surface area contributed by atoms with Crippen LogP contribution in [0.4, 0.5) is 22.9 Å². The van der Waals surface area contributed by atoms with Crippen molar-refractivity contribution < 1.29 is 4.79 Å². The number of pyridine rings is 2. The van der Waals surface area contributed by atoms with E-state index in [1.165, 1.54) is 24.7 Å². The Morgan fingerprint density at radius 3 is 2.37 bits per heavy atom. The van der Waals surface area contributed by atoms with E-state index in [0.717, 1.165) is 24.5 Å². The number of rotatable bonds is 5. The monoisotopic (exact) mass is 359 g/mol. The van der Waals surface area contributed by atoms with Crippen molar-refractivity contribution in [3.63, 3.8) is 0 Å². The third-order valence-electron chi connectivity index (χ3n) is 4.56. The highest BCUT2D eigenvalue weighted by atomic mass is 16.1. The predicted molar refractivity (Wildman–Crippen MR) is 108 cm³/mol. The van der Waals surface area contributed by atoms with Gasteiger partial charge in [-0.25, -0.2) is 4.98 Å². The molecule has 0 unspecified atom stereocenters. The molecule has 1 amide bonds. The number of anilines is 4. The van der Waals surface area contributed by atoms with Crippen molar-refractivity contribution in [2.45, 2.75) is 12.8 Å². The Bertz CT molecular complexity index is 888. The van der Waals surface area contributed by atoms with Crippen LogP contribution in [0.3, 0.4) is 0 Å². The molecule has 1 saturated heterocycles. The third kappa shape index (κ3) is 4.23. The van der Waals surface area contributed by atoms with E-state index in [-0.39, 0.29) is 5.91 Å². The summed E-state index contributed by atoms with van der Waals surface area (Å²) >= 11 is 0. The number of hydrogen-bond donors (Lipinski definition) is 2. The minimum atomic E-state index is -0.228. The zero-order valence-electron chi connectivity index (χ0n) is 14.9. The van der Waals surface area contributed by atoms with E-state index in [9.17, 15) is 4.79 Å². The highest BCUT2D eigenvalue weighted by Crippen LogP contribution is 2.24. The van der Waals surface area contributed by atoms with Gasteiger partial charge in [-0.05, 0) is 61.4 Å². The summed E-state index contributed by atoms with van der Waals surface area (Å²) in [4.78, 5) is 22.8. The molecule has 27 heavy (non-hydrogen) atoms. The van der Waals surface area contributed by atoms with Gasteiger partial charge in [-0.3, -0.25) is 9.78 Å². The summed E-state index contributed by atoms with van der Waals surface area (Å²) in [5, 5.41) is 6.09. The molecule has 3 heterocycles. The molecule has 0 atom stereocenters. The number of carbonyl (C=O) groups is 1. The van der Waals surface area contributed by atoms with Crippen molar-refractivity contribution in [1.29, 1.82) is 0 Å². The highest BCUT2D eigenvalue weighted by molar-refractivity contribution is 6.03. The Labute approximate surface area is 158 Å². The van der Waals surface area contributed by atoms with Crippen LogP contribution < -0.4 is 15.5 Å². The molecule has 136 valence electrons. The van der Waals surface area contributed by atoms with Gasteiger partial charge in [0.15, 0.2) is 0 Å². The van der Waals surface area contributed by atoms with Gasteiger partial charge in [-0.1, -0.05) is 0 Å². The first kappa shape index (κ1) is 17.0. The molecule has 2 N–H and O–H groups in total. The summed E-state index contributed by atoms with van der Waals surface area (Å²) in [5.74, 6) is 0.271. The lowest BCUT2D eigenvalue weighted by Crippen LogP contribution is -2.17. The zero-order chi connectivity index (χ0) is 18.5. The fourth-order valence-corrected chi connectivity index (χ4v) is 3.12. The lowest BCUT2D eigenvalue weighted by molar-refractivity contribution is 0.102. The molecule has 6 nitrogen and oxygen atoms in total. The topological polar surface area (TPSA) is 70.2 Å². The van der Waals surface area contributed by atoms with E-state index in [1.807, 2.05) is 6.07 Å². The van der Waals surface area contributed by atoms with Crippen LogP contribution in [0.1, 0.15) is 23.2 Å². The minimum absolute atomic E-state index is 0.228. The minimum Gasteiger partial charge on any atom is -0.372 e. The fraction of sp³-hybridized carbons (Fsp3) is 0.190. The molecule has 6 heteroatoms. The number of benzene rings is 1. The first-order chi connectivity index (χ1) is 13.3. The molecule has 4 rings (SSSR count). The van der Waals surface area contributed by atoms with Crippen molar-refractivity contribution in [3.05, 3.63) is 72.7 Å². The van der Waals surface area contributed by atoms with Gasteiger partial charge in [0.1, 0.15) is 5.82 Å². The summed E-state index contributed by atoms with van der Waals surface area (Å²) in [5.41, 5.74) is 3.64. The number of nitrogens with zero attached hydrogens (tertiary/aromatic N) is 3. The van der Waals surface area contributed by atoms with Crippen LogP contribution in [0.25, 0.3) is 0 Å². The van der Waals surface area contributed by atoms with Gasteiger partial charge in [0.2, 0.25) is 0 Å². The van der Waals surface area contributed by atoms with Crippen molar-refractivity contribution in [3.8, 4) is 0 Å². The third-order valence-corrected chi connectivity index (χ3v) is 4.56. The first-order valence-corrected chi connectivity index (χ1v) is 9.07. The number of amides is 1. The average Bonchev–Trinajstić information content (AvgIpc) is 3.26. The second kappa shape index (κ2) is 7.86. The van der Waals surface area contributed by atoms with Crippen molar-refractivity contribution in [2.24, 2.45) is 0 Å². The summed E-state index contributed by atoms with van der Waals surface area (Å²) < 4.78 is 0. The number of nitrogens with one attached hydrogen (secondary N) is 2. The molecule has 1 aliphatic heterocycles. The smallest absolute Gasteiger partial charge is 0.258 e. The quantitative estimate of drug-likeness (QED) is 0.718. The maximum atomic E-state index is 12.1. The van der Waals surface area contributed by atoms with Crippen LogP contribution in [0.5, 0.6) is 0 Å². The van der Waals surface area contributed by atoms with Crippen molar-refractivity contribution in [2.75, 3.05) is 28.6 Å². The van der Waals surface area contributed by atoms with E-state index >= 15 is 0 Å². The fourth-order valence-electron chi connectivity index (χ4n) is 3.12. The van der Waals surface area contributed by atoms with Gasteiger partial charge in [0.25, 0.3) is 5.91 Å². The molecule has 0 spiro atoms. The summed E-state index contributed by atoms with van der Waals surface area (Å²) in [6.45, 7) is 2.28. The molecular formula is C21H21N5O. The SMILES string of the molecule is O=C(Nc1ccc(Nc2ccc(N3CCCC3)cc2)cn1)c1cccnc1. The van der Waals surface area contributed by atoms with Gasteiger partial charge in [-0.15, -0.1) is 0 Å². The Hall–Kier alpha value is -3.41. The number of carbonyl (C=O) groups excluding carboxylic acids is 1. The first-order valence-electron chi connectivity index (χ1n) is 9.07. The molecule has 3 aromatic rings. The van der Waals surface area contributed by atoms with Gasteiger partial charge >= 0.3 is 0 Å². The largest absolute Gasteiger partial charge is 0.372 e. The van der Waals surface area contributed by atoms with Crippen molar-refractivity contribution >= 4 is 28.8 Å². The number of hydrogen-bond acceptors (Lipinski definition) is 5. The van der Waals surface area contributed by atoms with Gasteiger partial charge in [0.05, 0.1) is 17.4 Å². The number of aromatic nitrogens is 2. The van der Waals surface area contributed by atoms with Crippen LogP contribution >= 0.6 is 0 Å².